The van der Waals surface area contributed by atoms with Crippen LogP contribution in [0.15, 0.2) is 55.6 Å². The number of para-hydroxylation sites is 1. The highest BCUT2D eigenvalue weighted by atomic mass is 79.9. The lowest BCUT2D eigenvalue weighted by molar-refractivity contribution is -0.152. The molecule has 0 aromatic heterocycles. The zero-order chi connectivity index (χ0) is 32.4. The Bertz CT molecular complexity index is 1230. The second-order valence-corrected chi connectivity index (χ2v) is 15.5. The van der Waals surface area contributed by atoms with E-state index in [1.54, 1.807) is 22.0 Å². The molecule has 0 saturated carbocycles. The van der Waals surface area contributed by atoms with Gasteiger partial charge < -0.3 is 24.5 Å². The first-order valence-corrected chi connectivity index (χ1v) is 16.8. The van der Waals surface area contributed by atoms with Crippen LogP contribution in [0.5, 0.6) is 0 Å². The Morgan fingerprint density at radius 2 is 1.73 bits per heavy atom. The second kappa shape index (κ2) is 13.5. The molecular formula is C35H50BrN3O5. The van der Waals surface area contributed by atoms with Gasteiger partial charge in [-0.05, 0) is 63.5 Å². The number of benzene rings is 1. The Morgan fingerprint density at radius 1 is 1.07 bits per heavy atom. The van der Waals surface area contributed by atoms with E-state index in [0.717, 1.165) is 18.5 Å². The maximum absolute atomic E-state index is 14.9. The summed E-state index contributed by atoms with van der Waals surface area (Å²) in [5, 5.41) is 9.37. The minimum absolute atomic E-state index is 0.0493. The number of aliphatic hydroxyl groups is 1. The number of likely N-dealkylation sites (tertiary alicyclic amines) is 1. The van der Waals surface area contributed by atoms with E-state index < -0.39 is 35.1 Å². The van der Waals surface area contributed by atoms with Gasteiger partial charge in [-0.25, -0.2) is 0 Å². The number of nitrogens with zero attached hydrogens (tertiary/aromatic N) is 3. The normalized spacial score (nSPS) is 27.8. The van der Waals surface area contributed by atoms with Crippen molar-refractivity contribution in [2.75, 3.05) is 31.1 Å². The maximum atomic E-state index is 14.9. The Kier molecular flexibility index (Phi) is 10.5. The number of rotatable bonds is 14. The van der Waals surface area contributed by atoms with Crippen LogP contribution in [0.4, 0.5) is 5.69 Å². The van der Waals surface area contributed by atoms with Gasteiger partial charge in [0.15, 0.2) is 0 Å². The van der Waals surface area contributed by atoms with Crippen LogP contribution in [0.3, 0.4) is 0 Å². The molecule has 1 N–H and O–H groups in total. The summed E-state index contributed by atoms with van der Waals surface area (Å²) in [5.74, 6) is -2.11. The molecule has 2 bridgehead atoms. The van der Waals surface area contributed by atoms with Crippen molar-refractivity contribution in [3.63, 3.8) is 0 Å². The number of hydrogen-bond acceptors (Lipinski definition) is 5. The van der Waals surface area contributed by atoms with Crippen molar-refractivity contribution in [1.29, 1.82) is 0 Å². The van der Waals surface area contributed by atoms with Crippen molar-refractivity contribution in [3.8, 4) is 0 Å². The third-order valence-corrected chi connectivity index (χ3v) is 10.1. The van der Waals surface area contributed by atoms with Gasteiger partial charge in [0.25, 0.3) is 0 Å². The second-order valence-electron chi connectivity index (χ2n) is 14.3. The number of fused-ring (bicyclic) bond motifs is 1. The van der Waals surface area contributed by atoms with Gasteiger partial charge in [0.1, 0.15) is 11.6 Å². The van der Waals surface area contributed by atoms with Gasteiger partial charge in [0, 0.05) is 42.3 Å². The molecular weight excluding hydrogens is 622 g/mol. The number of hydrogen-bond donors (Lipinski definition) is 1. The highest BCUT2D eigenvalue weighted by molar-refractivity contribution is 9.09. The van der Waals surface area contributed by atoms with Gasteiger partial charge in [-0.2, -0.15) is 0 Å². The summed E-state index contributed by atoms with van der Waals surface area (Å²) in [5.41, 5.74) is -0.998. The van der Waals surface area contributed by atoms with Crippen LogP contribution in [-0.4, -0.2) is 87.0 Å². The third kappa shape index (κ3) is 6.42. The Hall–Kier alpha value is -2.49. The highest BCUT2D eigenvalue weighted by Crippen LogP contribution is 2.60. The molecule has 44 heavy (non-hydrogen) atoms. The first-order valence-electron chi connectivity index (χ1n) is 15.9. The van der Waals surface area contributed by atoms with Crippen LogP contribution in [0.1, 0.15) is 66.7 Å². The molecule has 1 aromatic carbocycles. The average Bonchev–Trinajstić information content (AvgIpc) is 3.54. The summed E-state index contributed by atoms with van der Waals surface area (Å²) < 4.78 is 6.80. The lowest BCUT2D eigenvalue weighted by Crippen LogP contribution is -2.61. The van der Waals surface area contributed by atoms with E-state index in [4.69, 9.17) is 4.74 Å². The monoisotopic (exact) mass is 671 g/mol. The van der Waals surface area contributed by atoms with E-state index in [-0.39, 0.29) is 41.1 Å². The van der Waals surface area contributed by atoms with E-state index in [9.17, 15) is 19.5 Å². The molecule has 4 rings (SSSR count). The van der Waals surface area contributed by atoms with E-state index >= 15 is 0 Å². The number of aliphatic hydroxyl groups excluding tert-OH is 1. The highest BCUT2D eigenvalue weighted by Gasteiger charge is 2.77. The Balaban J connectivity index is 1.79. The fourth-order valence-corrected chi connectivity index (χ4v) is 8.99. The molecule has 3 saturated heterocycles. The van der Waals surface area contributed by atoms with Gasteiger partial charge >= 0.3 is 0 Å². The molecule has 1 aromatic rings. The fourth-order valence-electron chi connectivity index (χ4n) is 8.05. The van der Waals surface area contributed by atoms with Crippen molar-refractivity contribution in [2.45, 2.75) is 94.8 Å². The van der Waals surface area contributed by atoms with Crippen molar-refractivity contribution in [3.05, 3.63) is 55.6 Å². The largest absolute Gasteiger partial charge is 0.396 e. The molecule has 3 aliphatic heterocycles. The lowest BCUT2D eigenvalue weighted by atomic mass is 9.70. The van der Waals surface area contributed by atoms with Crippen molar-refractivity contribution < 1.29 is 24.2 Å². The Labute approximate surface area is 271 Å². The van der Waals surface area contributed by atoms with Crippen LogP contribution in [-0.2, 0) is 19.1 Å². The van der Waals surface area contributed by atoms with Crippen LogP contribution in [0.25, 0.3) is 0 Å². The Morgan fingerprint density at radius 3 is 2.32 bits per heavy atom. The van der Waals surface area contributed by atoms with E-state index in [0.29, 0.717) is 32.4 Å². The molecule has 3 unspecified atom stereocenters. The predicted octanol–water partition coefficient (Wildman–Crippen LogP) is 5.35. The van der Waals surface area contributed by atoms with Gasteiger partial charge in [-0.3, -0.25) is 14.4 Å². The number of unbranched alkanes of at least 4 members (excludes halogenated alkanes) is 2. The standard InChI is InChI=1S/C35H50BrN3O5/c1-8-18-37(24-16-12-10-13-17-24)30(41)26-27-31(42)38(20-14-11-15-21-40)29(35(27)22-25(36)28(26)44-35)32(43)39(19-9-2)34(6,7)23-33(3,4)5/h8-10,12-13,16-17,25-29,40H,1-2,11,14-15,18-23H2,3-7H3/t25?,26-,27+,28-,29?,35?/m1/s1. The van der Waals surface area contributed by atoms with Gasteiger partial charge in [-0.15, -0.1) is 13.2 Å². The zero-order valence-corrected chi connectivity index (χ0v) is 28.6. The average molecular weight is 673 g/mol. The van der Waals surface area contributed by atoms with E-state index in [1.165, 1.54) is 0 Å². The SMILES string of the molecule is C=CCN(C(=O)[C@H]1[C@@H]2OC3(CC2Br)C(C(=O)N(CC=C)C(C)(C)CC(C)(C)C)N(CCCCCO)C(=O)[C@H]13)c1ccccc1. The van der Waals surface area contributed by atoms with Crippen LogP contribution in [0, 0.1) is 17.3 Å². The summed E-state index contributed by atoms with van der Waals surface area (Å²) in [6.07, 6.45) is 6.04. The van der Waals surface area contributed by atoms with Gasteiger partial charge in [0.05, 0.1) is 17.9 Å². The maximum Gasteiger partial charge on any atom is 0.249 e. The number of halogens is 1. The third-order valence-electron chi connectivity index (χ3n) is 9.28. The molecule has 0 radical (unpaired) electrons. The summed E-state index contributed by atoms with van der Waals surface area (Å²) in [6.45, 7) is 19.5. The molecule has 3 aliphatic rings. The number of ether oxygens (including phenoxy) is 1. The van der Waals surface area contributed by atoms with E-state index in [1.807, 2.05) is 35.2 Å². The van der Waals surface area contributed by atoms with Gasteiger partial charge in [0.2, 0.25) is 17.7 Å². The van der Waals surface area contributed by atoms with Crippen molar-refractivity contribution in [1.82, 2.24) is 9.80 Å². The zero-order valence-electron chi connectivity index (χ0n) is 27.0. The van der Waals surface area contributed by atoms with E-state index in [2.05, 4.69) is 63.7 Å². The van der Waals surface area contributed by atoms with Crippen LogP contribution >= 0.6 is 15.9 Å². The molecule has 3 fully saturated rings. The molecule has 9 heteroatoms. The minimum atomic E-state index is -1.14. The molecule has 242 valence electrons. The first-order chi connectivity index (χ1) is 20.7. The number of anilines is 1. The minimum Gasteiger partial charge on any atom is -0.396 e. The first kappa shape index (κ1) is 34.4. The quantitative estimate of drug-likeness (QED) is 0.164. The molecule has 0 aliphatic carbocycles. The number of carbonyl (C=O) groups excluding carboxylic acids is 3. The molecule has 8 nitrogen and oxygen atoms in total. The predicted molar refractivity (Wildman–Crippen MR) is 177 cm³/mol. The summed E-state index contributed by atoms with van der Waals surface area (Å²) in [4.78, 5) is 48.9. The number of carbonyl (C=O) groups is 3. The molecule has 6 atom stereocenters. The van der Waals surface area contributed by atoms with Crippen molar-refractivity contribution in [2.24, 2.45) is 17.3 Å². The number of amides is 3. The fraction of sp³-hybridized carbons (Fsp3) is 0.629. The topological polar surface area (TPSA) is 90.4 Å². The van der Waals surface area contributed by atoms with Crippen molar-refractivity contribution >= 4 is 39.3 Å². The van der Waals surface area contributed by atoms with Gasteiger partial charge in [-0.1, -0.05) is 67.1 Å². The number of alkyl halides is 1. The molecule has 3 heterocycles. The molecule has 3 amide bonds. The molecule has 1 spiro atoms. The summed E-state index contributed by atoms with van der Waals surface area (Å²) in [6, 6.07) is 8.52. The van der Waals surface area contributed by atoms with Crippen LogP contribution in [0.2, 0.25) is 0 Å². The lowest BCUT2D eigenvalue weighted by Gasteiger charge is -2.45. The summed E-state index contributed by atoms with van der Waals surface area (Å²) in [7, 11) is 0. The smallest absolute Gasteiger partial charge is 0.249 e. The van der Waals surface area contributed by atoms with Crippen LogP contribution < -0.4 is 4.90 Å². The summed E-state index contributed by atoms with van der Waals surface area (Å²) >= 11 is 3.80.